The molecular formula is C9H7BrS2. The molecular weight excluding hydrogens is 252 g/mol. The van der Waals surface area contributed by atoms with E-state index >= 15 is 0 Å². The summed E-state index contributed by atoms with van der Waals surface area (Å²) in [6.07, 6.45) is 0. The average molecular weight is 259 g/mol. The Kier molecular flexibility index (Phi) is 2.35. The summed E-state index contributed by atoms with van der Waals surface area (Å²) in [5.41, 5.74) is 0. The molecule has 0 bridgehead atoms. The van der Waals surface area contributed by atoms with E-state index in [2.05, 4.69) is 47.1 Å². The van der Waals surface area contributed by atoms with Gasteiger partial charge in [-0.25, -0.2) is 0 Å². The molecule has 3 heteroatoms. The Hall–Kier alpha value is -0.120. The monoisotopic (exact) mass is 258 g/mol. The number of hydrogen-bond donors (Lipinski definition) is 0. The standard InChI is InChI=1S/C9H7BrS2/c1-6-2-3-7(11-6)8-4-5-9(10)12-8/h2-5H,1H3. The smallest absolute Gasteiger partial charge is 0.0705 e. The lowest BCUT2D eigenvalue weighted by Crippen LogP contribution is -1.55. The van der Waals surface area contributed by atoms with Gasteiger partial charge in [-0.1, -0.05) is 0 Å². The second-order valence-corrected chi connectivity index (χ2v) is 6.26. The first kappa shape index (κ1) is 8.48. The first-order valence-electron chi connectivity index (χ1n) is 3.58. The first-order chi connectivity index (χ1) is 5.75. The van der Waals surface area contributed by atoms with Crippen molar-refractivity contribution >= 4 is 38.6 Å². The fourth-order valence-corrected chi connectivity index (χ4v) is 3.36. The zero-order valence-corrected chi connectivity index (χ0v) is 9.72. The van der Waals surface area contributed by atoms with Gasteiger partial charge in [0.25, 0.3) is 0 Å². The molecule has 2 aromatic heterocycles. The largest absolute Gasteiger partial charge is 0.140 e. The second kappa shape index (κ2) is 3.32. The van der Waals surface area contributed by atoms with Crippen LogP contribution < -0.4 is 0 Å². The van der Waals surface area contributed by atoms with Crippen molar-refractivity contribution in [2.45, 2.75) is 6.92 Å². The molecule has 0 nitrogen and oxygen atoms in total. The highest BCUT2D eigenvalue weighted by molar-refractivity contribution is 9.11. The van der Waals surface area contributed by atoms with E-state index in [4.69, 9.17) is 0 Å². The van der Waals surface area contributed by atoms with Crippen molar-refractivity contribution in [2.75, 3.05) is 0 Å². The normalized spacial score (nSPS) is 10.5. The number of hydrogen-bond acceptors (Lipinski definition) is 2. The van der Waals surface area contributed by atoms with E-state index in [1.165, 1.54) is 18.4 Å². The molecule has 0 aliphatic heterocycles. The fourth-order valence-electron chi connectivity index (χ4n) is 1.01. The van der Waals surface area contributed by atoms with Gasteiger partial charge in [0, 0.05) is 14.6 Å². The molecule has 0 aromatic carbocycles. The van der Waals surface area contributed by atoms with Gasteiger partial charge in [-0.2, -0.15) is 0 Å². The Balaban J connectivity index is 2.43. The fraction of sp³-hybridized carbons (Fsp3) is 0.111. The topological polar surface area (TPSA) is 0 Å². The van der Waals surface area contributed by atoms with Crippen molar-refractivity contribution in [1.29, 1.82) is 0 Å². The van der Waals surface area contributed by atoms with E-state index in [0.29, 0.717) is 0 Å². The molecule has 62 valence electrons. The van der Waals surface area contributed by atoms with E-state index < -0.39 is 0 Å². The lowest BCUT2D eigenvalue weighted by molar-refractivity contribution is 1.64. The van der Waals surface area contributed by atoms with Gasteiger partial charge in [0.2, 0.25) is 0 Å². The van der Waals surface area contributed by atoms with Gasteiger partial charge in [-0.15, -0.1) is 22.7 Å². The van der Waals surface area contributed by atoms with E-state index in [-0.39, 0.29) is 0 Å². The number of thiophene rings is 2. The lowest BCUT2D eigenvalue weighted by Gasteiger charge is -1.86. The van der Waals surface area contributed by atoms with E-state index in [1.54, 1.807) is 11.3 Å². The van der Waals surface area contributed by atoms with Crippen LogP contribution in [0, 0.1) is 6.92 Å². The van der Waals surface area contributed by atoms with Crippen molar-refractivity contribution in [3.63, 3.8) is 0 Å². The Morgan fingerprint density at radius 1 is 1.00 bits per heavy atom. The summed E-state index contributed by atoms with van der Waals surface area (Å²) >= 11 is 7.08. The second-order valence-electron chi connectivity index (χ2n) is 2.51. The molecule has 0 atom stereocenters. The van der Waals surface area contributed by atoms with Crippen LogP contribution in [0.5, 0.6) is 0 Å². The maximum Gasteiger partial charge on any atom is 0.0705 e. The summed E-state index contributed by atoms with van der Waals surface area (Å²) in [6, 6.07) is 8.58. The summed E-state index contributed by atoms with van der Waals surface area (Å²) in [6.45, 7) is 2.14. The highest BCUT2D eigenvalue weighted by Crippen LogP contribution is 2.35. The lowest BCUT2D eigenvalue weighted by atomic mass is 10.4. The predicted octanol–water partition coefficient (Wildman–Crippen LogP) is 4.55. The van der Waals surface area contributed by atoms with Crippen molar-refractivity contribution in [3.8, 4) is 9.75 Å². The van der Waals surface area contributed by atoms with Crippen LogP contribution in [-0.2, 0) is 0 Å². The van der Waals surface area contributed by atoms with Gasteiger partial charge in [0.05, 0.1) is 3.79 Å². The summed E-state index contributed by atoms with van der Waals surface area (Å²) in [5.74, 6) is 0. The zero-order valence-electron chi connectivity index (χ0n) is 6.50. The maximum absolute atomic E-state index is 3.46. The van der Waals surface area contributed by atoms with Crippen LogP contribution in [0.3, 0.4) is 0 Å². The van der Waals surface area contributed by atoms with Gasteiger partial charge in [0.1, 0.15) is 0 Å². The highest BCUT2D eigenvalue weighted by Gasteiger charge is 2.02. The van der Waals surface area contributed by atoms with E-state index in [1.807, 2.05) is 11.3 Å². The summed E-state index contributed by atoms with van der Waals surface area (Å²) in [7, 11) is 0. The molecule has 0 saturated carbocycles. The number of rotatable bonds is 1. The third kappa shape index (κ3) is 1.63. The van der Waals surface area contributed by atoms with Crippen LogP contribution in [0.25, 0.3) is 9.75 Å². The maximum atomic E-state index is 3.46. The molecule has 0 aliphatic rings. The van der Waals surface area contributed by atoms with Crippen LogP contribution in [-0.4, -0.2) is 0 Å². The third-order valence-corrected chi connectivity index (χ3v) is 4.38. The molecule has 2 heterocycles. The van der Waals surface area contributed by atoms with Crippen molar-refractivity contribution in [1.82, 2.24) is 0 Å². The minimum absolute atomic E-state index is 1.20. The summed E-state index contributed by atoms with van der Waals surface area (Å²) < 4.78 is 1.20. The summed E-state index contributed by atoms with van der Waals surface area (Å²) in [5, 5.41) is 0. The minimum Gasteiger partial charge on any atom is -0.140 e. The van der Waals surface area contributed by atoms with Crippen molar-refractivity contribution in [3.05, 3.63) is 32.9 Å². The summed E-state index contributed by atoms with van der Waals surface area (Å²) in [4.78, 5) is 4.08. The Morgan fingerprint density at radius 2 is 1.67 bits per heavy atom. The van der Waals surface area contributed by atoms with Crippen molar-refractivity contribution in [2.24, 2.45) is 0 Å². The highest BCUT2D eigenvalue weighted by atomic mass is 79.9. The molecule has 0 N–H and O–H groups in total. The van der Waals surface area contributed by atoms with Crippen LogP contribution in [0.2, 0.25) is 0 Å². The molecule has 0 radical (unpaired) electrons. The Morgan fingerprint density at radius 3 is 2.17 bits per heavy atom. The van der Waals surface area contributed by atoms with Crippen LogP contribution in [0.4, 0.5) is 0 Å². The SMILES string of the molecule is Cc1ccc(-c2ccc(Br)s2)s1. The molecule has 0 spiro atoms. The molecule has 0 aliphatic carbocycles. The Bertz CT molecular complexity index is 348. The first-order valence-corrected chi connectivity index (χ1v) is 6.00. The molecule has 0 saturated heterocycles. The molecule has 0 fully saturated rings. The molecule has 2 rings (SSSR count). The van der Waals surface area contributed by atoms with Crippen LogP contribution >= 0.6 is 38.6 Å². The number of halogens is 1. The van der Waals surface area contributed by atoms with Gasteiger partial charge in [0.15, 0.2) is 0 Å². The predicted molar refractivity (Wildman–Crippen MR) is 60.1 cm³/mol. The third-order valence-electron chi connectivity index (χ3n) is 1.56. The quantitative estimate of drug-likeness (QED) is 0.704. The van der Waals surface area contributed by atoms with Crippen molar-refractivity contribution < 1.29 is 0 Å². The van der Waals surface area contributed by atoms with Gasteiger partial charge in [-0.05, 0) is 47.1 Å². The van der Waals surface area contributed by atoms with Gasteiger partial charge >= 0.3 is 0 Å². The van der Waals surface area contributed by atoms with E-state index in [9.17, 15) is 0 Å². The zero-order chi connectivity index (χ0) is 8.55. The molecule has 0 unspecified atom stereocenters. The van der Waals surface area contributed by atoms with Gasteiger partial charge < -0.3 is 0 Å². The van der Waals surface area contributed by atoms with Crippen LogP contribution in [0.1, 0.15) is 4.88 Å². The number of aryl methyl sites for hydroxylation is 1. The molecule has 0 amide bonds. The molecule has 2 aromatic rings. The van der Waals surface area contributed by atoms with Crippen LogP contribution in [0.15, 0.2) is 28.1 Å². The van der Waals surface area contributed by atoms with Gasteiger partial charge in [-0.3, -0.25) is 0 Å². The molecule has 12 heavy (non-hydrogen) atoms. The van der Waals surface area contributed by atoms with E-state index in [0.717, 1.165) is 0 Å². The average Bonchev–Trinajstić information content (AvgIpc) is 2.58. The minimum atomic E-state index is 1.20. The Labute approximate surface area is 88.0 Å².